The average molecular weight is 438 g/mol. The number of nitrogens with zero attached hydrogens (tertiary/aromatic N) is 3. The summed E-state index contributed by atoms with van der Waals surface area (Å²) in [5.41, 5.74) is 2.63. The molecule has 0 bridgehead atoms. The Morgan fingerprint density at radius 2 is 1.97 bits per heavy atom. The average Bonchev–Trinajstić information content (AvgIpc) is 2.82. The molecule has 0 spiro atoms. The van der Waals surface area contributed by atoms with Gasteiger partial charge in [0.15, 0.2) is 0 Å². The second-order valence-corrected chi connectivity index (χ2v) is 8.13. The Morgan fingerprint density at radius 1 is 1.19 bits per heavy atom. The number of esters is 1. The number of amides is 2. The van der Waals surface area contributed by atoms with Crippen LogP contribution in [0.2, 0.25) is 0 Å². The molecule has 7 heteroatoms. The summed E-state index contributed by atoms with van der Waals surface area (Å²) in [4.78, 5) is 45.9. The number of piperidine rings is 1. The Labute approximate surface area is 189 Å². The number of pyridine rings is 1. The van der Waals surface area contributed by atoms with Crippen molar-refractivity contribution >= 4 is 17.8 Å². The van der Waals surface area contributed by atoms with Crippen molar-refractivity contribution in [1.82, 2.24) is 14.8 Å². The topological polar surface area (TPSA) is 79.8 Å². The first-order valence-corrected chi connectivity index (χ1v) is 11.2. The lowest BCUT2D eigenvalue weighted by Gasteiger charge is -2.35. The van der Waals surface area contributed by atoms with Gasteiger partial charge in [0, 0.05) is 44.1 Å². The highest BCUT2D eigenvalue weighted by Crippen LogP contribution is 2.22. The first kappa shape index (κ1) is 23.4. The van der Waals surface area contributed by atoms with E-state index >= 15 is 0 Å². The highest BCUT2D eigenvalue weighted by molar-refractivity contribution is 5.94. The summed E-state index contributed by atoms with van der Waals surface area (Å²) < 4.78 is 5.03. The molecule has 1 saturated heterocycles. The van der Waals surface area contributed by atoms with Crippen LogP contribution in [0.3, 0.4) is 0 Å². The highest BCUT2D eigenvalue weighted by atomic mass is 16.5. The lowest BCUT2D eigenvalue weighted by Crippen LogP contribution is -2.47. The molecule has 1 aromatic carbocycles. The van der Waals surface area contributed by atoms with Gasteiger partial charge in [-0.3, -0.25) is 19.4 Å². The van der Waals surface area contributed by atoms with Crippen LogP contribution in [0, 0.1) is 12.8 Å². The molecule has 2 heterocycles. The lowest BCUT2D eigenvalue weighted by atomic mass is 9.95. The number of hydrogen-bond donors (Lipinski definition) is 0. The minimum atomic E-state index is -0.323. The van der Waals surface area contributed by atoms with E-state index in [0.29, 0.717) is 31.8 Å². The van der Waals surface area contributed by atoms with Crippen LogP contribution in [0.1, 0.15) is 47.7 Å². The fourth-order valence-corrected chi connectivity index (χ4v) is 3.94. The number of carbonyl (C=O) groups is 3. The number of rotatable bonds is 8. The molecule has 2 aromatic rings. The molecule has 1 aliphatic heterocycles. The highest BCUT2D eigenvalue weighted by Gasteiger charge is 2.32. The van der Waals surface area contributed by atoms with Crippen molar-refractivity contribution in [2.24, 2.45) is 5.92 Å². The molecular formula is C25H31N3O4. The Morgan fingerprint density at radius 3 is 2.66 bits per heavy atom. The Bertz CT molecular complexity index is 915. The standard InChI is InChI=1S/C25H31N3O4/c1-3-32-23(29)12-15-28(17-20-6-4-13-26-16-20)25(31)22-7-5-14-27(18-22)24(30)21-10-8-19(2)9-11-21/h4,6,8-11,13,16,22H,3,5,7,12,14-15,17-18H2,1-2H3. The quantitative estimate of drug-likeness (QED) is 0.593. The van der Waals surface area contributed by atoms with Crippen LogP contribution in [-0.2, 0) is 20.9 Å². The maximum atomic E-state index is 13.4. The van der Waals surface area contributed by atoms with Crippen molar-refractivity contribution in [2.75, 3.05) is 26.2 Å². The molecule has 1 atom stereocenters. The molecule has 2 amide bonds. The fraction of sp³-hybridized carbons (Fsp3) is 0.440. The smallest absolute Gasteiger partial charge is 0.307 e. The molecule has 3 rings (SSSR count). The number of ether oxygens (including phenoxy) is 1. The number of benzene rings is 1. The summed E-state index contributed by atoms with van der Waals surface area (Å²) in [7, 11) is 0. The first-order valence-electron chi connectivity index (χ1n) is 11.2. The number of aryl methyl sites for hydroxylation is 1. The normalized spacial score (nSPS) is 15.8. The van der Waals surface area contributed by atoms with Crippen LogP contribution in [0.25, 0.3) is 0 Å². The van der Waals surface area contributed by atoms with Gasteiger partial charge in [0.1, 0.15) is 0 Å². The zero-order valence-corrected chi connectivity index (χ0v) is 18.8. The minimum absolute atomic E-state index is 0.0421. The van der Waals surface area contributed by atoms with Crippen LogP contribution in [-0.4, -0.2) is 58.8 Å². The molecule has 0 aliphatic carbocycles. The molecular weight excluding hydrogens is 406 g/mol. The van der Waals surface area contributed by atoms with Gasteiger partial charge in [0.2, 0.25) is 5.91 Å². The van der Waals surface area contributed by atoms with Crippen molar-refractivity contribution in [2.45, 2.75) is 39.7 Å². The maximum Gasteiger partial charge on any atom is 0.307 e. The predicted octanol–water partition coefficient (Wildman–Crippen LogP) is 3.22. The molecule has 0 radical (unpaired) electrons. The van der Waals surface area contributed by atoms with Gasteiger partial charge in [-0.1, -0.05) is 23.8 Å². The van der Waals surface area contributed by atoms with Crippen LogP contribution < -0.4 is 0 Å². The summed E-state index contributed by atoms with van der Waals surface area (Å²) in [6.45, 7) is 5.73. The van der Waals surface area contributed by atoms with Crippen LogP contribution in [0.15, 0.2) is 48.8 Å². The molecule has 1 aliphatic rings. The third-order valence-corrected chi connectivity index (χ3v) is 5.66. The third-order valence-electron chi connectivity index (χ3n) is 5.66. The molecule has 170 valence electrons. The second-order valence-electron chi connectivity index (χ2n) is 8.13. The molecule has 1 aromatic heterocycles. The number of aromatic nitrogens is 1. The molecule has 32 heavy (non-hydrogen) atoms. The Balaban J connectivity index is 1.69. The second kappa shape index (κ2) is 11.4. The van der Waals surface area contributed by atoms with Crippen molar-refractivity contribution in [3.63, 3.8) is 0 Å². The van der Waals surface area contributed by atoms with Gasteiger partial charge in [0.25, 0.3) is 5.91 Å². The predicted molar refractivity (Wildman–Crippen MR) is 121 cm³/mol. The molecule has 7 nitrogen and oxygen atoms in total. The Kier molecular flexibility index (Phi) is 8.36. The maximum absolute atomic E-state index is 13.4. The van der Waals surface area contributed by atoms with Crippen LogP contribution in [0.4, 0.5) is 0 Å². The minimum Gasteiger partial charge on any atom is -0.466 e. The number of carbonyl (C=O) groups excluding carboxylic acids is 3. The third kappa shape index (κ3) is 6.39. The van der Waals surface area contributed by atoms with Gasteiger partial charge in [0.05, 0.1) is 18.9 Å². The van der Waals surface area contributed by atoms with E-state index in [-0.39, 0.29) is 36.7 Å². The number of hydrogen-bond acceptors (Lipinski definition) is 5. The summed E-state index contributed by atoms with van der Waals surface area (Å²) in [6.07, 6.45) is 5.04. The van der Waals surface area contributed by atoms with Gasteiger partial charge < -0.3 is 14.5 Å². The van der Waals surface area contributed by atoms with Gasteiger partial charge >= 0.3 is 5.97 Å². The summed E-state index contributed by atoms with van der Waals surface area (Å²) in [6, 6.07) is 11.2. The lowest BCUT2D eigenvalue weighted by molar-refractivity contribution is -0.145. The van der Waals surface area contributed by atoms with Crippen molar-refractivity contribution in [3.8, 4) is 0 Å². The van der Waals surface area contributed by atoms with E-state index in [1.54, 1.807) is 29.1 Å². The zero-order valence-electron chi connectivity index (χ0n) is 18.8. The summed E-state index contributed by atoms with van der Waals surface area (Å²) >= 11 is 0. The summed E-state index contributed by atoms with van der Waals surface area (Å²) in [5, 5.41) is 0. The van der Waals surface area contributed by atoms with E-state index in [1.165, 1.54) is 0 Å². The molecule has 0 saturated carbocycles. The van der Waals surface area contributed by atoms with Gasteiger partial charge in [-0.05, 0) is 50.5 Å². The number of likely N-dealkylation sites (tertiary alicyclic amines) is 1. The van der Waals surface area contributed by atoms with E-state index < -0.39 is 0 Å². The first-order chi connectivity index (χ1) is 15.5. The SMILES string of the molecule is CCOC(=O)CCN(Cc1cccnc1)C(=O)C1CCCN(C(=O)c2ccc(C)cc2)C1. The fourth-order valence-electron chi connectivity index (χ4n) is 3.94. The molecule has 1 unspecified atom stereocenters. The van der Waals surface area contributed by atoms with Gasteiger partial charge in [-0.2, -0.15) is 0 Å². The van der Waals surface area contributed by atoms with E-state index in [9.17, 15) is 14.4 Å². The molecule has 1 fully saturated rings. The van der Waals surface area contributed by atoms with Gasteiger partial charge in [-0.15, -0.1) is 0 Å². The van der Waals surface area contributed by atoms with Crippen LogP contribution >= 0.6 is 0 Å². The Hall–Kier alpha value is -3.22. The van der Waals surface area contributed by atoms with E-state index in [4.69, 9.17) is 4.74 Å². The van der Waals surface area contributed by atoms with E-state index in [0.717, 1.165) is 24.0 Å². The van der Waals surface area contributed by atoms with Gasteiger partial charge in [-0.25, -0.2) is 0 Å². The van der Waals surface area contributed by atoms with Crippen molar-refractivity contribution in [3.05, 3.63) is 65.5 Å². The zero-order chi connectivity index (χ0) is 22.9. The van der Waals surface area contributed by atoms with E-state index in [2.05, 4.69) is 4.98 Å². The largest absolute Gasteiger partial charge is 0.466 e. The summed E-state index contributed by atoms with van der Waals surface area (Å²) in [5.74, 6) is -0.708. The monoisotopic (exact) mass is 437 g/mol. The molecule has 0 N–H and O–H groups in total. The van der Waals surface area contributed by atoms with E-state index in [1.807, 2.05) is 43.3 Å². The van der Waals surface area contributed by atoms with Crippen molar-refractivity contribution in [1.29, 1.82) is 0 Å². The van der Waals surface area contributed by atoms with Crippen molar-refractivity contribution < 1.29 is 19.1 Å². The van der Waals surface area contributed by atoms with Crippen LogP contribution in [0.5, 0.6) is 0 Å².